The van der Waals surface area contributed by atoms with Gasteiger partial charge in [0, 0.05) is 24.5 Å². The van der Waals surface area contributed by atoms with Crippen LogP contribution >= 0.6 is 47.8 Å². The predicted octanol–water partition coefficient (Wildman–Crippen LogP) is 6.48. The van der Waals surface area contributed by atoms with Crippen molar-refractivity contribution in [3.63, 3.8) is 0 Å². The number of para-hydroxylation sites is 2. The lowest BCUT2D eigenvalue weighted by Gasteiger charge is -2.11. The summed E-state index contributed by atoms with van der Waals surface area (Å²) < 4.78 is 2.19. The molecule has 0 heterocycles. The van der Waals surface area contributed by atoms with Crippen LogP contribution < -0.4 is 10.6 Å². The van der Waals surface area contributed by atoms with E-state index >= 15 is 0 Å². The molecule has 2 N–H and O–H groups in total. The van der Waals surface area contributed by atoms with E-state index in [1.165, 1.54) is 0 Å². The molecule has 0 atom stereocenters. The molecule has 0 bridgehead atoms. The number of hydrogen-bond donors (Lipinski definition) is 2. The van der Waals surface area contributed by atoms with Gasteiger partial charge in [-0.3, -0.25) is 9.59 Å². The van der Waals surface area contributed by atoms with Crippen LogP contribution in [0.2, 0.25) is 0 Å². The molecule has 0 unspecified atom stereocenters. The van der Waals surface area contributed by atoms with Crippen molar-refractivity contribution < 1.29 is 9.59 Å². The second-order valence-corrected chi connectivity index (χ2v) is 8.22. The van der Waals surface area contributed by atoms with Gasteiger partial charge in [-0.15, -0.1) is 0 Å². The third kappa shape index (κ3) is 5.06. The van der Waals surface area contributed by atoms with Gasteiger partial charge in [0.15, 0.2) is 0 Å². The van der Waals surface area contributed by atoms with E-state index < -0.39 is 0 Å². The zero-order chi connectivity index (χ0) is 19.4. The summed E-state index contributed by atoms with van der Waals surface area (Å²) in [4.78, 5) is 25.2. The first kappa shape index (κ1) is 19.8. The highest BCUT2D eigenvalue weighted by molar-refractivity contribution is 9.11. The molecule has 0 aliphatic carbocycles. The largest absolute Gasteiger partial charge is 0.321 e. The van der Waals surface area contributed by atoms with E-state index in [-0.39, 0.29) is 11.8 Å². The molecule has 136 valence electrons. The lowest BCUT2D eigenvalue weighted by molar-refractivity contribution is 0.102. The molecule has 2 amide bonds. The summed E-state index contributed by atoms with van der Waals surface area (Å²) >= 11 is 10.2. The molecule has 0 saturated carbocycles. The van der Waals surface area contributed by atoms with E-state index in [9.17, 15) is 9.59 Å². The molecule has 3 aromatic carbocycles. The Labute approximate surface area is 181 Å². The molecule has 0 aliphatic heterocycles. The minimum atomic E-state index is -0.307. The summed E-state index contributed by atoms with van der Waals surface area (Å²) in [5.74, 6) is -0.615. The maximum Gasteiger partial charge on any atom is 0.255 e. The van der Waals surface area contributed by atoms with Gasteiger partial charge in [-0.1, -0.05) is 40.2 Å². The van der Waals surface area contributed by atoms with Crippen molar-refractivity contribution in [2.75, 3.05) is 10.6 Å². The van der Waals surface area contributed by atoms with Gasteiger partial charge in [0.1, 0.15) is 0 Å². The zero-order valence-corrected chi connectivity index (χ0v) is 18.6. The van der Waals surface area contributed by atoms with E-state index in [0.717, 1.165) is 8.95 Å². The van der Waals surface area contributed by atoms with Gasteiger partial charge in [-0.25, -0.2) is 0 Å². The second-order valence-electron chi connectivity index (χ2n) is 5.60. The van der Waals surface area contributed by atoms with Crippen LogP contribution in [-0.4, -0.2) is 11.8 Å². The number of hydrogen-bond acceptors (Lipinski definition) is 2. The quantitative estimate of drug-likeness (QED) is 0.389. The fourth-order valence-electron chi connectivity index (χ4n) is 2.37. The van der Waals surface area contributed by atoms with Gasteiger partial charge >= 0.3 is 0 Å². The van der Waals surface area contributed by atoms with Crippen molar-refractivity contribution in [3.8, 4) is 0 Å². The van der Waals surface area contributed by atoms with Crippen molar-refractivity contribution >= 4 is 71.0 Å². The molecule has 4 nitrogen and oxygen atoms in total. The number of anilines is 2. The average molecular weight is 553 g/mol. The molecule has 0 aromatic heterocycles. The minimum Gasteiger partial charge on any atom is -0.321 e. The van der Waals surface area contributed by atoms with E-state index in [1.54, 1.807) is 30.3 Å². The number of nitrogens with one attached hydrogen (secondary N) is 2. The summed E-state index contributed by atoms with van der Waals surface area (Å²) in [6, 6.07) is 19.6. The summed E-state index contributed by atoms with van der Waals surface area (Å²) in [7, 11) is 0. The van der Waals surface area contributed by atoms with Gasteiger partial charge in [-0.2, -0.15) is 0 Å². The molecule has 0 fully saturated rings. The smallest absolute Gasteiger partial charge is 0.255 e. The predicted molar refractivity (Wildman–Crippen MR) is 118 cm³/mol. The van der Waals surface area contributed by atoms with Crippen LogP contribution in [0.25, 0.3) is 0 Å². The van der Waals surface area contributed by atoms with Crippen LogP contribution in [0.15, 0.2) is 80.1 Å². The van der Waals surface area contributed by atoms with Gasteiger partial charge < -0.3 is 10.6 Å². The lowest BCUT2D eigenvalue weighted by Crippen LogP contribution is -2.16. The van der Waals surface area contributed by atoms with E-state index in [2.05, 4.69) is 58.4 Å². The monoisotopic (exact) mass is 550 g/mol. The van der Waals surface area contributed by atoms with E-state index in [1.807, 2.05) is 36.4 Å². The molecule has 0 spiro atoms. The Hall–Kier alpha value is -1.96. The Morgan fingerprint density at radius 2 is 1.04 bits per heavy atom. The van der Waals surface area contributed by atoms with Crippen molar-refractivity contribution in [1.29, 1.82) is 0 Å². The molecular formula is C20H13Br3N2O2. The van der Waals surface area contributed by atoms with Gasteiger partial charge in [0.05, 0.1) is 11.4 Å². The Kier molecular flexibility index (Phi) is 6.46. The molecular weight excluding hydrogens is 540 g/mol. The first-order chi connectivity index (χ1) is 12.9. The highest BCUT2D eigenvalue weighted by Crippen LogP contribution is 2.25. The standard InChI is InChI=1S/C20H13Br3N2O2/c21-14-10-12(19(26)24-17-7-3-1-5-15(17)22)9-13(11-14)20(27)25-18-8-4-2-6-16(18)23/h1-11H,(H,24,26)(H,25,27). The van der Waals surface area contributed by atoms with Crippen LogP contribution in [0.4, 0.5) is 11.4 Å². The van der Waals surface area contributed by atoms with Gasteiger partial charge in [-0.05, 0) is 74.3 Å². The average Bonchev–Trinajstić information content (AvgIpc) is 2.65. The van der Waals surface area contributed by atoms with Crippen LogP contribution in [0.3, 0.4) is 0 Å². The Balaban J connectivity index is 1.83. The SMILES string of the molecule is O=C(Nc1ccccc1Br)c1cc(Br)cc(C(=O)Nc2ccccc2Br)c1. The maximum atomic E-state index is 12.6. The van der Waals surface area contributed by atoms with Crippen molar-refractivity contribution in [2.45, 2.75) is 0 Å². The van der Waals surface area contributed by atoms with E-state index in [0.29, 0.717) is 27.0 Å². The van der Waals surface area contributed by atoms with Crippen LogP contribution in [0.1, 0.15) is 20.7 Å². The first-order valence-corrected chi connectivity index (χ1v) is 10.2. The molecule has 0 saturated heterocycles. The Bertz CT molecular complexity index is 944. The zero-order valence-electron chi connectivity index (χ0n) is 13.8. The fraction of sp³-hybridized carbons (Fsp3) is 0. The molecule has 0 radical (unpaired) electrons. The summed E-state index contributed by atoms with van der Waals surface area (Å²) in [6.07, 6.45) is 0. The number of halogens is 3. The summed E-state index contributed by atoms with van der Waals surface area (Å²) in [5, 5.41) is 5.67. The highest BCUT2D eigenvalue weighted by Gasteiger charge is 2.14. The molecule has 27 heavy (non-hydrogen) atoms. The Morgan fingerprint density at radius 3 is 1.44 bits per heavy atom. The maximum absolute atomic E-state index is 12.6. The van der Waals surface area contributed by atoms with Crippen LogP contribution in [0.5, 0.6) is 0 Å². The first-order valence-electron chi connectivity index (χ1n) is 7.86. The topological polar surface area (TPSA) is 58.2 Å². The van der Waals surface area contributed by atoms with Crippen LogP contribution in [-0.2, 0) is 0 Å². The normalized spacial score (nSPS) is 10.3. The van der Waals surface area contributed by atoms with E-state index in [4.69, 9.17) is 0 Å². The van der Waals surface area contributed by atoms with Gasteiger partial charge in [0.2, 0.25) is 0 Å². The number of amides is 2. The van der Waals surface area contributed by atoms with Crippen molar-refractivity contribution in [3.05, 3.63) is 91.3 Å². The Morgan fingerprint density at radius 1 is 0.630 bits per heavy atom. The number of rotatable bonds is 4. The summed E-state index contributed by atoms with van der Waals surface area (Å²) in [6.45, 7) is 0. The highest BCUT2D eigenvalue weighted by atomic mass is 79.9. The number of carbonyl (C=O) groups is 2. The number of carbonyl (C=O) groups excluding carboxylic acids is 2. The minimum absolute atomic E-state index is 0.307. The van der Waals surface area contributed by atoms with Crippen LogP contribution in [0, 0.1) is 0 Å². The third-order valence-corrected chi connectivity index (χ3v) is 5.51. The molecule has 0 aliphatic rings. The fourth-order valence-corrected chi connectivity index (χ4v) is 3.63. The summed E-state index contributed by atoms with van der Waals surface area (Å²) in [5.41, 5.74) is 2.05. The molecule has 3 aromatic rings. The second kappa shape index (κ2) is 8.82. The molecule has 7 heteroatoms. The third-order valence-electron chi connectivity index (χ3n) is 3.67. The van der Waals surface area contributed by atoms with Gasteiger partial charge in [0.25, 0.3) is 11.8 Å². The lowest BCUT2D eigenvalue weighted by atomic mass is 10.1. The van der Waals surface area contributed by atoms with Crippen molar-refractivity contribution in [1.82, 2.24) is 0 Å². The molecule has 3 rings (SSSR count). The van der Waals surface area contributed by atoms with Crippen molar-refractivity contribution in [2.24, 2.45) is 0 Å². The number of benzene rings is 3.